The molecule has 1 rings (SSSR count). The monoisotopic (exact) mass is 177 g/mol. The van der Waals surface area contributed by atoms with Gasteiger partial charge in [-0.05, 0) is 24.8 Å². The first-order valence-electron chi connectivity index (χ1n) is 4.91. The summed E-state index contributed by atoms with van der Waals surface area (Å²) in [5.74, 6) is 0.663. The number of benzene rings is 1. The van der Waals surface area contributed by atoms with Crippen LogP contribution in [0.25, 0.3) is 0 Å². The normalized spacial score (nSPS) is 13.3. The highest BCUT2D eigenvalue weighted by Gasteiger charge is 2.07. The van der Waals surface area contributed by atoms with Crippen molar-refractivity contribution < 1.29 is 0 Å². The zero-order chi connectivity index (χ0) is 9.84. The molecule has 0 saturated carbocycles. The number of rotatable bonds is 3. The standard InChI is InChI=1S/C12H19N/c1-9(2)7-12(13)11-6-4-5-10(3)8-11/h4-6,8-9,12H,7,13H2,1-3H3/t12-/m1/s1. The van der Waals surface area contributed by atoms with Crippen LogP contribution in [0.15, 0.2) is 24.3 Å². The molecule has 0 aliphatic heterocycles. The fourth-order valence-corrected chi connectivity index (χ4v) is 1.54. The lowest BCUT2D eigenvalue weighted by atomic mass is 9.97. The molecule has 0 saturated heterocycles. The molecule has 2 N–H and O–H groups in total. The van der Waals surface area contributed by atoms with E-state index in [1.165, 1.54) is 11.1 Å². The maximum absolute atomic E-state index is 6.06. The van der Waals surface area contributed by atoms with Crippen molar-refractivity contribution in [3.63, 3.8) is 0 Å². The average molecular weight is 177 g/mol. The Morgan fingerprint density at radius 2 is 2.00 bits per heavy atom. The maximum Gasteiger partial charge on any atom is 0.0297 e. The third kappa shape index (κ3) is 3.19. The van der Waals surface area contributed by atoms with Crippen LogP contribution < -0.4 is 5.73 Å². The molecule has 13 heavy (non-hydrogen) atoms. The van der Waals surface area contributed by atoms with Gasteiger partial charge >= 0.3 is 0 Å². The van der Waals surface area contributed by atoms with Gasteiger partial charge in [-0.15, -0.1) is 0 Å². The number of hydrogen-bond acceptors (Lipinski definition) is 1. The highest BCUT2D eigenvalue weighted by Crippen LogP contribution is 2.19. The lowest BCUT2D eigenvalue weighted by Crippen LogP contribution is -2.12. The van der Waals surface area contributed by atoms with E-state index in [0.717, 1.165) is 6.42 Å². The Kier molecular flexibility index (Phi) is 3.49. The van der Waals surface area contributed by atoms with Gasteiger partial charge in [-0.25, -0.2) is 0 Å². The first-order chi connectivity index (χ1) is 6.09. The molecule has 0 spiro atoms. The summed E-state index contributed by atoms with van der Waals surface area (Å²) in [6.07, 6.45) is 1.06. The molecule has 0 fully saturated rings. The highest BCUT2D eigenvalue weighted by atomic mass is 14.6. The number of hydrogen-bond donors (Lipinski definition) is 1. The second kappa shape index (κ2) is 4.43. The third-order valence-corrected chi connectivity index (χ3v) is 2.20. The summed E-state index contributed by atoms with van der Waals surface area (Å²) in [6.45, 7) is 6.51. The summed E-state index contributed by atoms with van der Waals surface area (Å²) < 4.78 is 0. The van der Waals surface area contributed by atoms with E-state index in [-0.39, 0.29) is 6.04 Å². The molecule has 0 amide bonds. The van der Waals surface area contributed by atoms with Crippen LogP contribution in [0.4, 0.5) is 0 Å². The Morgan fingerprint density at radius 1 is 1.31 bits per heavy atom. The average Bonchev–Trinajstić information content (AvgIpc) is 2.03. The largest absolute Gasteiger partial charge is 0.324 e. The van der Waals surface area contributed by atoms with Crippen LogP contribution >= 0.6 is 0 Å². The van der Waals surface area contributed by atoms with Gasteiger partial charge in [-0.2, -0.15) is 0 Å². The van der Waals surface area contributed by atoms with E-state index in [1.54, 1.807) is 0 Å². The van der Waals surface area contributed by atoms with E-state index >= 15 is 0 Å². The fraction of sp³-hybridized carbons (Fsp3) is 0.500. The van der Waals surface area contributed by atoms with E-state index in [1.807, 2.05) is 0 Å². The topological polar surface area (TPSA) is 26.0 Å². The SMILES string of the molecule is Cc1cccc([C@H](N)CC(C)C)c1. The minimum atomic E-state index is 0.194. The summed E-state index contributed by atoms with van der Waals surface area (Å²) in [5, 5.41) is 0. The first-order valence-corrected chi connectivity index (χ1v) is 4.91. The van der Waals surface area contributed by atoms with Gasteiger partial charge in [0.15, 0.2) is 0 Å². The van der Waals surface area contributed by atoms with Gasteiger partial charge in [0.05, 0.1) is 0 Å². The van der Waals surface area contributed by atoms with Crippen molar-refractivity contribution in [2.45, 2.75) is 33.2 Å². The molecular weight excluding hydrogens is 158 g/mol. The highest BCUT2D eigenvalue weighted by molar-refractivity contribution is 5.24. The van der Waals surface area contributed by atoms with Crippen molar-refractivity contribution in [2.75, 3.05) is 0 Å². The van der Waals surface area contributed by atoms with E-state index < -0.39 is 0 Å². The second-order valence-electron chi connectivity index (χ2n) is 4.15. The van der Waals surface area contributed by atoms with E-state index in [0.29, 0.717) is 5.92 Å². The predicted molar refractivity (Wildman–Crippen MR) is 57.6 cm³/mol. The van der Waals surface area contributed by atoms with Crippen LogP contribution in [0, 0.1) is 12.8 Å². The van der Waals surface area contributed by atoms with Crippen molar-refractivity contribution in [2.24, 2.45) is 11.7 Å². The van der Waals surface area contributed by atoms with Gasteiger partial charge in [0, 0.05) is 6.04 Å². The van der Waals surface area contributed by atoms with Crippen LogP contribution in [0.2, 0.25) is 0 Å². The van der Waals surface area contributed by atoms with Crippen LogP contribution in [-0.2, 0) is 0 Å². The number of aryl methyl sites for hydroxylation is 1. The molecule has 0 unspecified atom stereocenters. The lowest BCUT2D eigenvalue weighted by molar-refractivity contribution is 0.510. The molecule has 1 aromatic rings. The Hall–Kier alpha value is -0.820. The molecule has 0 aliphatic rings. The molecular formula is C12H19N. The Labute approximate surface area is 81.0 Å². The van der Waals surface area contributed by atoms with Crippen molar-refractivity contribution in [3.05, 3.63) is 35.4 Å². The molecule has 1 nitrogen and oxygen atoms in total. The number of nitrogens with two attached hydrogens (primary N) is 1. The molecule has 72 valence electrons. The van der Waals surface area contributed by atoms with Gasteiger partial charge in [0.2, 0.25) is 0 Å². The van der Waals surface area contributed by atoms with E-state index in [9.17, 15) is 0 Å². The smallest absolute Gasteiger partial charge is 0.0297 e. The molecule has 0 aliphatic carbocycles. The van der Waals surface area contributed by atoms with Crippen LogP contribution in [-0.4, -0.2) is 0 Å². The lowest BCUT2D eigenvalue weighted by Gasteiger charge is -2.14. The third-order valence-electron chi connectivity index (χ3n) is 2.20. The van der Waals surface area contributed by atoms with Gasteiger partial charge in [-0.1, -0.05) is 43.7 Å². The van der Waals surface area contributed by atoms with Gasteiger partial charge in [0.1, 0.15) is 0 Å². The summed E-state index contributed by atoms with van der Waals surface area (Å²) in [6, 6.07) is 8.66. The molecule has 0 bridgehead atoms. The van der Waals surface area contributed by atoms with E-state index in [4.69, 9.17) is 5.73 Å². The summed E-state index contributed by atoms with van der Waals surface area (Å²) in [4.78, 5) is 0. The van der Waals surface area contributed by atoms with Crippen molar-refractivity contribution >= 4 is 0 Å². The molecule has 1 aromatic carbocycles. The zero-order valence-electron chi connectivity index (χ0n) is 8.75. The molecule has 0 radical (unpaired) electrons. The molecule has 0 aromatic heterocycles. The first kappa shape index (κ1) is 10.3. The summed E-state index contributed by atoms with van der Waals surface area (Å²) in [5.41, 5.74) is 8.61. The predicted octanol–water partition coefficient (Wildman–Crippen LogP) is 3.04. The molecule has 0 heterocycles. The molecule has 1 heteroatoms. The Morgan fingerprint density at radius 3 is 2.54 bits per heavy atom. The van der Waals surface area contributed by atoms with Crippen molar-refractivity contribution in [3.8, 4) is 0 Å². The van der Waals surface area contributed by atoms with Crippen LogP contribution in [0.3, 0.4) is 0 Å². The van der Waals surface area contributed by atoms with Crippen molar-refractivity contribution in [1.82, 2.24) is 0 Å². The fourth-order valence-electron chi connectivity index (χ4n) is 1.54. The Balaban J connectivity index is 2.71. The maximum atomic E-state index is 6.06. The van der Waals surface area contributed by atoms with Crippen molar-refractivity contribution in [1.29, 1.82) is 0 Å². The minimum absolute atomic E-state index is 0.194. The minimum Gasteiger partial charge on any atom is -0.324 e. The Bertz CT molecular complexity index is 266. The zero-order valence-corrected chi connectivity index (χ0v) is 8.75. The summed E-state index contributed by atoms with van der Waals surface area (Å²) >= 11 is 0. The quantitative estimate of drug-likeness (QED) is 0.754. The van der Waals surface area contributed by atoms with Gasteiger partial charge < -0.3 is 5.73 Å². The van der Waals surface area contributed by atoms with Gasteiger partial charge in [-0.3, -0.25) is 0 Å². The van der Waals surface area contributed by atoms with Gasteiger partial charge in [0.25, 0.3) is 0 Å². The van der Waals surface area contributed by atoms with Crippen LogP contribution in [0.5, 0.6) is 0 Å². The van der Waals surface area contributed by atoms with Crippen LogP contribution in [0.1, 0.15) is 37.4 Å². The van der Waals surface area contributed by atoms with E-state index in [2.05, 4.69) is 45.0 Å². The second-order valence-corrected chi connectivity index (χ2v) is 4.15. The summed E-state index contributed by atoms with van der Waals surface area (Å²) in [7, 11) is 0. The molecule has 1 atom stereocenters.